The number of sulfonamides is 1. The average Bonchev–Trinajstić information content (AvgIpc) is 3.04. The number of halogens is 2. The summed E-state index contributed by atoms with van der Waals surface area (Å²) in [5.74, 6) is -2.07. The quantitative estimate of drug-likeness (QED) is 0.732. The molecule has 7 nitrogen and oxygen atoms in total. The molecule has 0 N–H and O–H groups in total. The molecular formula is C17H21F2N3O4S. The molecule has 2 fully saturated rings. The summed E-state index contributed by atoms with van der Waals surface area (Å²) in [5, 5.41) is 0. The summed E-state index contributed by atoms with van der Waals surface area (Å²) >= 11 is 0. The number of carbonyl (C=O) groups is 2. The molecule has 0 unspecified atom stereocenters. The zero-order chi connectivity index (χ0) is 19.6. The maximum absolute atomic E-state index is 13.8. The molecule has 0 bridgehead atoms. The number of hydrogen-bond acceptors (Lipinski definition) is 4. The van der Waals surface area contributed by atoms with Gasteiger partial charge in [0.05, 0.1) is 0 Å². The molecule has 2 amide bonds. The van der Waals surface area contributed by atoms with Gasteiger partial charge in [0.1, 0.15) is 16.5 Å². The fraction of sp³-hybridized carbons (Fsp3) is 0.529. The Balaban J connectivity index is 1.56. The van der Waals surface area contributed by atoms with Crippen molar-refractivity contribution < 1.29 is 26.8 Å². The minimum Gasteiger partial charge on any atom is -0.342 e. The van der Waals surface area contributed by atoms with Crippen LogP contribution < -0.4 is 0 Å². The number of amides is 2. The van der Waals surface area contributed by atoms with E-state index in [1.54, 1.807) is 9.80 Å². The maximum atomic E-state index is 13.8. The smallest absolute Gasteiger partial charge is 0.246 e. The zero-order valence-corrected chi connectivity index (χ0v) is 15.6. The molecule has 3 rings (SSSR count). The summed E-state index contributed by atoms with van der Waals surface area (Å²) in [7, 11) is -4.09. The highest BCUT2D eigenvalue weighted by molar-refractivity contribution is 7.89. The molecule has 0 aromatic heterocycles. The Kier molecular flexibility index (Phi) is 5.75. The van der Waals surface area contributed by atoms with Crippen LogP contribution in [0.3, 0.4) is 0 Å². The summed E-state index contributed by atoms with van der Waals surface area (Å²) in [6.07, 6.45) is 1.53. The van der Waals surface area contributed by atoms with Crippen LogP contribution in [0.2, 0.25) is 0 Å². The molecule has 1 aromatic carbocycles. The Hall–Kier alpha value is -2.07. The van der Waals surface area contributed by atoms with Gasteiger partial charge >= 0.3 is 0 Å². The standard InChI is InChI=1S/C17H21F2N3O4S/c18-13-3-4-15(14(19)12-13)27(25,26)22-10-8-21(9-11-22)17(24)5-7-20-6-1-2-16(20)23/h3-4,12H,1-2,5-11H2. The second-order valence-electron chi connectivity index (χ2n) is 6.59. The van der Waals surface area contributed by atoms with Crippen molar-refractivity contribution in [1.29, 1.82) is 0 Å². The van der Waals surface area contributed by atoms with Crippen molar-refractivity contribution in [3.63, 3.8) is 0 Å². The highest BCUT2D eigenvalue weighted by Crippen LogP contribution is 2.21. The van der Waals surface area contributed by atoms with E-state index in [0.29, 0.717) is 25.6 Å². The van der Waals surface area contributed by atoms with Crippen molar-refractivity contribution in [2.75, 3.05) is 39.3 Å². The van der Waals surface area contributed by atoms with E-state index in [1.165, 1.54) is 0 Å². The normalized spacial score (nSPS) is 19.0. The van der Waals surface area contributed by atoms with Gasteiger partial charge in [0.15, 0.2) is 0 Å². The number of piperazine rings is 1. The van der Waals surface area contributed by atoms with Crippen LogP contribution in [0.4, 0.5) is 8.78 Å². The molecule has 2 aliphatic rings. The Labute approximate surface area is 156 Å². The fourth-order valence-corrected chi connectivity index (χ4v) is 4.80. The minimum absolute atomic E-state index is 0.0353. The summed E-state index contributed by atoms with van der Waals surface area (Å²) in [6, 6.07) is 2.34. The van der Waals surface area contributed by atoms with Crippen LogP contribution in [0.1, 0.15) is 19.3 Å². The second-order valence-corrected chi connectivity index (χ2v) is 8.50. The highest BCUT2D eigenvalue weighted by atomic mass is 32.2. The van der Waals surface area contributed by atoms with Gasteiger partial charge in [-0.3, -0.25) is 9.59 Å². The molecule has 0 atom stereocenters. The van der Waals surface area contributed by atoms with Crippen LogP contribution in [-0.2, 0) is 19.6 Å². The SMILES string of the molecule is O=C1CCCN1CCC(=O)N1CCN(S(=O)(=O)c2ccc(F)cc2F)CC1. The van der Waals surface area contributed by atoms with Crippen molar-refractivity contribution in [3.05, 3.63) is 29.8 Å². The first kappa shape index (κ1) is 19.7. The van der Waals surface area contributed by atoms with Crippen molar-refractivity contribution in [3.8, 4) is 0 Å². The van der Waals surface area contributed by atoms with E-state index < -0.39 is 26.6 Å². The van der Waals surface area contributed by atoms with Crippen molar-refractivity contribution in [1.82, 2.24) is 14.1 Å². The van der Waals surface area contributed by atoms with Crippen molar-refractivity contribution in [2.45, 2.75) is 24.2 Å². The summed E-state index contributed by atoms with van der Waals surface area (Å²) in [6.45, 7) is 1.49. The molecule has 27 heavy (non-hydrogen) atoms. The lowest BCUT2D eigenvalue weighted by atomic mass is 10.3. The minimum atomic E-state index is -4.09. The molecule has 0 aliphatic carbocycles. The van der Waals surface area contributed by atoms with Gasteiger partial charge in [0.2, 0.25) is 21.8 Å². The Morgan fingerprint density at radius 2 is 1.78 bits per heavy atom. The lowest BCUT2D eigenvalue weighted by Gasteiger charge is -2.34. The van der Waals surface area contributed by atoms with E-state index in [9.17, 15) is 26.8 Å². The van der Waals surface area contributed by atoms with Gasteiger partial charge in [-0.25, -0.2) is 17.2 Å². The van der Waals surface area contributed by atoms with E-state index in [1.807, 2.05) is 0 Å². The first-order valence-electron chi connectivity index (χ1n) is 8.80. The van der Waals surface area contributed by atoms with Gasteiger partial charge in [0.25, 0.3) is 0 Å². The number of likely N-dealkylation sites (tertiary alicyclic amines) is 1. The molecule has 0 radical (unpaired) electrons. The van der Waals surface area contributed by atoms with Crippen LogP contribution >= 0.6 is 0 Å². The van der Waals surface area contributed by atoms with Crippen molar-refractivity contribution >= 4 is 21.8 Å². The zero-order valence-electron chi connectivity index (χ0n) is 14.7. The number of rotatable bonds is 5. The summed E-state index contributed by atoms with van der Waals surface area (Å²) in [4.78, 5) is 26.5. The molecule has 2 aliphatic heterocycles. The number of nitrogens with zero attached hydrogens (tertiary/aromatic N) is 3. The van der Waals surface area contributed by atoms with Gasteiger partial charge in [-0.2, -0.15) is 4.31 Å². The number of hydrogen-bond donors (Lipinski definition) is 0. The van der Waals surface area contributed by atoms with Gasteiger partial charge in [-0.05, 0) is 18.6 Å². The van der Waals surface area contributed by atoms with Gasteiger partial charge < -0.3 is 9.80 Å². The summed E-state index contributed by atoms with van der Waals surface area (Å²) < 4.78 is 53.0. The van der Waals surface area contributed by atoms with E-state index in [0.717, 1.165) is 22.9 Å². The Morgan fingerprint density at radius 1 is 1.07 bits per heavy atom. The second kappa shape index (κ2) is 7.89. The molecule has 148 valence electrons. The fourth-order valence-electron chi connectivity index (χ4n) is 3.33. The Bertz CT molecular complexity index is 839. The van der Waals surface area contributed by atoms with Crippen LogP contribution in [0.5, 0.6) is 0 Å². The lowest BCUT2D eigenvalue weighted by molar-refractivity contribution is -0.133. The molecule has 10 heteroatoms. The van der Waals surface area contributed by atoms with Crippen LogP contribution in [0, 0.1) is 11.6 Å². The van der Waals surface area contributed by atoms with Crippen LogP contribution in [0.25, 0.3) is 0 Å². The van der Waals surface area contributed by atoms with Crippen LogP contribution in [0.15, 0.2) is 23.1 Å². The van der Waals surface area contributed by atoms with E-state index in [-0.39, 0.29) is 44.4 Å². The highest BCUT2D eigenvalue weighted by Gasteiger charge is 2.32. The topological polar surface area (TPSA) is 78.0 Å². The summed E-state index contributed by atoms with van der Waals surface area (Å²) in [5.41, 5.74) is 0. The predicted molar refractivity (Wildman–Crippen MR) is 92.1 cm³/mol. The maximum Gasteiger partial charge on any atom is 0.246 e. The van der Waals surface area contributed by atoms with E-state index >= 15 is 0 Å². The third-order valence-corrected chi connectivity index (χ3v) is 6.80. The van der Waals surface area contributed by atoms with Gasteiger partial charge in [0, 0.05) is 58.2 Å². The molecule has 2 saturated heterocycles. The van der Waals surface area contributed by atoms with Gasteiger partial charge in [-0.1, -0.05) is 0 Å². The largest absolute Gasteiger partial charge is 0.342 e. The van der Waals surface area contributed by atoms with Crippen molar-refractivity contribution in [2.24, 2.45) is 0 Å². The predicted octanol–water partition coefficient (Wildman–Crippen LogP) is 0.810. The number of carbonyl (C=O) groups excluding carboxylic acids is 2. The van der Waals surface area contributed by atoms with E-state index in [2.05, 4.69) is 0 Å². The average molecular weight is 401 g/mol. The van der Waals surface area contributed by atoms with Gasteiger partial charge in [-0.15, -0.1) is 0 Å². The molecule has 2 heterocycles. The monoisotopic (exact) mass is 401 g/mol. The number of benzene rings is 1. The van der Waals surface area contributed by atoms with E-state index in [4.69, 9.17) is 0 Å². The molecule has 0 spiro atoms. The molecular weight excluding hydrogens is 380 g/mol. The first-order valence-corrected chi connectivity index (χ1v) is 10.2. The molecule has 0 saturated carbocycles. The Morgan fingerprint density at radius 3 is 2.37 bits per heavy atom. The first-order chi connectivity index (χ1) is 12.8. The third kappa shape index (κ3) is 4.27. The third-order valence-electron chi connectivity index (χ3n) is 4.87. The van der Waals surface area contributed by atoms with Crippen LogP contribution in [-0.4, -0.2) is 73.6 Å². The lowest BCUT2D eigenvalue weighted by Crippen LogP contribution is -2.51. The molecule has 1 aromatic rings.